The second kappa shape index (κ2) is 4.30. The molecule has 0 heterocycles. The number of nitrogen functional groups attached to an aromatic ring is 1. The molecule has 0 aromatic heterocycles. The predicted octanol–water partition coefficient (Wildman–Crippen LogP) is 2.90. The highest BCUT2D eigenvalue weighted by Gasteiger charge is 2.43. The van der Waals surface area contributed by atoms with Crippen LogP contribution in [0.3, 0.4) is 0 Å². The molecule has 3 heteroatoms. The standard InChI is InChI=1S/C15H19NO2/c1-18-11-4-5-12(14(16)8-11)15(17)13-7-9-2-3-10(13)6-9/h4-5,8-10,13H,2-3,6-7,16H2,1H3. The van der Waals surface area contributed by atoms with Crippen molar-refractivity contribution in [1.82, 2.24) is 0 Å². The molecule has 2 saturated carbocycles. The Kier molecular flexibility index (Phi) is 2.77. The lowest BCUT2D eigenvalue weighted by Crippen LogP contribution is -2.22. The van der Waals surface area contributed by atoms with Crippen LogP contribution in [0, 0.1) is 17.8 Å². The van der Waals surface area contributed by atoms with Gasteiger partial charge in [-0.05, 0) is 43.2 Å². The van der Waals surface area contributed by atoms with Gasteiger partial charge in [-0.1, -0.05) is 6.42 Å². The number of nitrogens with two attached hydrogens (primary N) is 1. The van der Waals surface area contributed by atoms with Gasteiger partial charge in [0.1, 0.15) is 5.75 Å². The Labute approximate surface area is 107 Å². The van der Waals surface area contributed by atoms with Gasteiger partial charge in [-0.3, -0.25) is 4.79 Å². The van der Waals surface area contributed by atoms with Gasteiger partial charge in [0.25, 0.3) is 0 Å². The molecule has 18 heavy (non-hydrogen) atoms. The van der Waals surface area contributed by atoms with Crippen molar-refractivity contribution in [2.75, 3.05) is 12.8 Å². The number of rotatable bonds is 3. The third kappa shape index (κ3) is 1.78. The first kappa shape index (κ1) is 11.6. The fourth-order valence-corrected chi connectivity index (χ4v) is 3.66. The van der Waals surface area contributed by atoms with E-state index in [0.717, 1.165) is 12.3 Å². The van der Waals surface area contributed by atoms with Crippen LogP contribution < -0.4 is 10.5 Å². The molecular weight excluding hydrogens is 226 g/mol. The molecule has 0 radical (unpaired) electrons. The monoisotopic (exact) mass is 245 g/mol. The van der Waals surface area contributed by atoms with Crippen molar-refractivity contribution in [3.05, 3.63) is 23.8 Å². The number of carbonyl (C=O) groups excluding carboxylic acids is 1. The van der Waals surface area contributed by atoms with E-state index in [-0.39, 0.29) is 11.7 Å². The molecule has 3 rings (SSSR count). The average Bonchev–Trinajstić information content (AvgIpc) is 3.00. The number of ketones is 1. The summed E-state index contributed by atoms with van der Waals surface area (Å²) in [5, 5.41) is 0. The Morgan fingerprint density at radius 3 is 2.72 bits per heavy atom. The van der Waals surface area contributed by atoms with Gasteiger partial charge in [0.05, 0.1) is 7.11 Å². The SMILES string of the molecule is COc1ccc(C(=O)C2CC3CCC2C3)c(N)c1. The van der Waals surface area contributed by atoms with E-state index in [1.807, 2.05) is 12.1 Å². The van der Waals surface area contributed by atoms with Crippen LogP contribution in [0.5, 0.6) is 5.75 Å². The third-order valence-electron chi connectivity index (χ3n) is 4.60. The first-order valence-electron chi connectivity index (χ1n) is 6.66. The van der Waals surface area contributed by atoms with Crippen molar-refractivity contribution in [2.24, 2.45) is 17.8 Å². The summed E-state index contributed by atoms with van der Waals surface area (Å²) in [5.41, 5.74) is 7.18. The Morgan fingerprint density at radius 1 is 1.33 bits per heavy atom. The van der Waals surface area contributed by atoms with Crippen LogP contribution in [0.2, 0.25) is 0 Å². The Balaban J connectivity index is 1.84. The van der Waals surface area contributed by atoms with Gasteiger partial charge < -0.3 is 10.5 Å². The lowest BCUT2D eigenvalue weighted by molar-refractivity contribution is 0.0875. The lowest BCUT2D eigenvalue weighted by Gasteiger charge is -2.21. The highest BCUT2D eigenvalue weighted by atomic mass is 16.5. The second-order valence-corrected chi connectivity index (χ2v) is 5.60. The van der Waals surface area contributed by atoms with E-state index >= 15 is 0 Å². The molecule has 3 nitrogen and oxygen atoms in total. The number of benzene rings is 1. The number of fused-ring (bicyclic) bond motifs is 2. The molecule has 0 amide bonds. The van der Waals surface area contributed by atoms with Gasteiger partial charge in [0.2, 0.25) is 0 Å². The van der Waals surface area contributed by atoms with Crippen LogP contribution in [0.25, 0.3) is 0 Å². The number of hydrogen-bond acceptors (Lipinski definition) is 3. The zero-order chi connectivity index (χ0) is 12.7. The molecule has 0 aliphatic heterocycles. The Hall–Kier alpha value is -1.51. The smallest absolute Gasteiger partial charge is 0.168 e. The molecule has 2 aliphatic carbocycles. The summed E-state index contributed by atoms with van der Waals surface area (Å²) in [6.45, 7) is 0. The Morgan fingerprint density at radius 2 is 2.17 bits per heavy atom. The van der Waals surface area contributed by atoms with Gasteiger partial charge in [-0.25, -0.2) is 0 Å². The molecule has 3 unspecified atom stereocenters. The van der Waals surface area contributed by atoms with Crippen molar-refractivity contribution in [3.63, 3.8) is 0 Å². The predicted molar refractivity (Wildman–Crippen MR) is 70.7 cm³/mol. The first-order valence-corrected chi connectivity index (χ1v) is 6.66. The molecule has 96 valence electrons. The molecule has 1 aromatic rings. The molecule has 0 spiro atoms. The topological polar surface area (TPSA) is 52.3 Å². The van der Waals surface area contributed by atoms with E-state index in [0.29, 0.717) is 22.9 Å². The molecule has 2 fully saturated rings. The minimum absolute atomic E-state index is 0.208. The van der Waals surface area contributed by atoms with Crippen molar-refractivity contribution in [2.45, 2.75) is 25.7 Å². The van der Waals surface area contributed by atoms with Crippen LogP contribution in [0.15, 0.2) is 18.2 Å². The highest BCUT2D eigenvalue weighted by Crippen LogP contribution is 2.49. The summed E-state index contributed by atoms with van der Waals surface area (Å²) < 4.78 is 5.11. The van der Waals surface area contributed by atoms with Crippen molar-refractivity contribution in [1.29, 1.82) is 0 Å². The maximum Gasteiger partial charge on any atom is 0.168 e. The maximum atomic E-state index is 12.5. The number of anilines is 1. The van der Waals surface area contributed by atoms with Gasteiger partial charge in [-0.2, -0.15) is 0 Å². The fourth-order valence-electron chi connectivity index (χ4n) is 3.66. The van der Waals surface area contributed by atoms with Gasteiger partial charge in [-0.15, -0.1) is 0 Å². The van der Waals surface area contributed by atoms with Crippen molar-refractivity contribution >= 4 is 11.5 Å². The van der Waals surface area contributed by atoms with E-state index in [1.54, 1.807) is 13.2 Å². The normalized spacial score (nSPS) is 29.5. The van der Waals surface area contributed by atoms with Gasteiger partial charge in [0.15, 0.2) is 5.78 Å². The number of ether oxygens (including phenoxy) is 1. The van der Waals surface area contributed by atoms with Crippen LogP contribution in [0.4, 0.5) is 5.69 Å². The van der Waals surface area contributed by atoms with Crippen molar-refractivity contribution < 1.29 is 9.53 Å². The summed E-state index contributed by atoms with van der Waals surface area (Å²) in [6.07, 6.45) is 4.84. The summed E-state index contributed by atoms with van der Waals surface area (Å²) >= 11 is 0. The molecule has 3 atom stereocenters. The number of Topliss-reactive ketones (excluding diaryl/α,β-unsaturated/α-hetero) is 1. The van der Waals surface area contributed by atoms with Crippen LogP contribution in [-0.2, 0) is 0 Å². The third-order valence-corrected chi connectivity index (χ3v) is 4.60. The highest BCUT2D eigenvalue weighted by molar-refractivity contribution is 6.02. The maximum absolute atomic E-state index is 12.5. The minimum Gasteiger partial charge on any atom is -0.497 e. The van der Waals surface area contributed by atoms with Gasteiger partial charge >= 0.3 is 0 Å². The Bertz CT molecular complexity index is 483. The minimum atomic E-state index is 0.208. The zero-order valence-corrected chi connectivity index (χ0v) is 10.7. The fraction of sp³-hybridized carbons (Fsp3) is 0.533. The van der Waals surface area contributed by atoms with E-state index < -0.39 is 0 Å². The lowest BCUT2D eigenvalue weighted by atomic mass is 9.83. The summed E-state index contributed by atoms with van der Waals surface area (Å²) in [5.74, 6) is 2.53. The van der Waals surface area contributed by atoms with E-state index in [4.69, 9.17) is 10.5 Å². The van der Waals surface area contributed by atoms with Gasteiger partial charge in [0, 0.05) is 23.2 Å². The number of methoxy groups -OCH3 is 1. The zero-order valence-electron chi connectivity index (χ0n) is 10.7. The van der Waals surface area contributed by atoms with Crippen LogP contribution in [0.1, 0.15) is 36.0 Å². The molecule has 2 bridgehead atoms. The molecular formula is C15H19NO2. The number of carbonyl (C=O) groups is 1. The molecule has 2 N–H and O–H groups in total. The molecule has 1 aromatic carbocycles. The van der Waals surface area contributed by atoms with E-state index in [9.17, 15) is 4.79 Å². The second-order valence-electron chi connectivity index (χ2n) is 5.60. The number of hydrogen-bond donors (Lipinski definition) is 1. The van der Waals surface area contributed by atoms with E-state index in [2.05, 4.69) is 0 Å². The first-order chi connectivity index (χ1) is 8.69. The summed E-state index contributed by atoms with van der Waals surface area (Å²) in [6, 6.07) is 5.36. The molecule has 2 aliphatic rings. The largest absolute Gasteiger partial charge is 0.497 e. The molecule has 0 saturated heterocycles. The van der Waals surface area contributed by atoms with Crippen LogP contribution >= 0.6 is 0 Å². The van der Waals surface area contributed by atoms with Crippen molar-refractivity contribution in [3.8, 4) is 5.75 Å². The summed E-state index contributed by atoms with van der Waals surface area (Å²) in [7, 11) is 1.60. The quantitative estimate of drug-likeness (QED) is 0.658. The summed E-state index contributed by atoms with van der Waals surface area (Å²) in [4.78, 5) is 12.5. The van der Waals surface area contributed by atoms with Crippen LogP contribution in [-0.4, -0.2) is 12.9 Å². The van der Waals surface area contributed by atoms with E-state index in [1.165, 1.54) is 19.3 Å². The average molecular weight is 245 g/mol.